The highest BCUT2D eigenvalue weighted by atomic mass is 35.5. The number of pyridine rings is 1. The Kier molecular flexibility index (Phi) is 6.98. The minimum Gasteiger partial charge on any atom is -0.482 e. The lowest BCUT2D eigenvalue weighted by Crippen LogP contribution is -2.24. The Balaban J connectivity index is 0.00000272. The second-order valence-electron chi connectivity index (χ2n) is 7.35. The molecule has 0 bridgehead atoms. The van der Waals surface area contributed by atoms with Crippen molar-refractivity contribution >= 4 is 41.4 Å². The molecule has 0 saturated heterocycles. The van der Waals surface area contributed by atoms with Crippen molar-refractivity contribution in [2.45, 2.75) is 31.6 Å². The Bertz CT molecular complexity index is 1130. The van der Waals surface area contributed by atoms with E-state index in [-0.39, 0.29) is 29.3 Å². The zero-order chi connectivity index (χ0) is 21.6. The molecular formula is C22H21Cl3FN3O2. The van der Waals surface area contributed by atoms with Crippen molar-refractivity contribution in [1.82, 2.24) is 4.98 Å². The molecule has 4 rings (SSSR count). The van der Waals surface area contributed by atoms with Crippen molar-refractivity contribution in [1.29, 1.82) is 0 Å². The van der Waals surface area contributed by atoms with Gasteiger partial charge in [-0.15, -0.1) is 12.4 Å². The van der Waals surface area contributed by atoms with Gasteiger partial charge >= 0.3 is 0 Å². The molecule has 164 valence electrons. The number of benzene rings is 2. The molecule has 3 aromatic rings. The van der Waals surface area contributed by atoms with Crippen LogP contribution in [0.2, 0.25) is 10.0 Å². The van der Waals surface area contributed by atoms with Crippen molar-refractivity contribution in [3.05, 3.63) is 75.1 Å². The van der Waals surface area contributed by atoms with Crippen molar-refractivity contribution in [2.24, 2.45) is 5.73 Å². The molecule has 0 spiro atoms. The average Bonchev–Trinajstić information content (AvgIpc) is 3.00. The number of hydrogen-bond donors (Lipinski definition) is 3. The molecule has 0 amide bonds. The van der Waals surface area contributed by atoms with E-state index in [2.05, 4.69) is 4.98 Å². The predicted molar refractivity (Wildman–Crippen MR) is 123 cm³/mol. The number of aliphatic hydroxyl groups excluding tert-OH is 1. The quantitative estimate of drug-likeness (QED) is 0.439. The van der Waals surface area contributed by atoms with Crippen LogP contribution in [-0.4, -0.2) is 16.1 Å². The van der Waals surface area contributed by atoms with E-state index < -0.39 is 18.0 Å². The summed E-state index contributed by atoms with van der Waals surface area (Å²) < 4.78 is 19.8. The van der Waals surface area contributed by atoms with Crippen LogP contribution in [-0.2, 0) is 6.42 Å². The maximum atomic E-state index is 13.9. The largest absolute Gasteiger partial charge is 0.482 e. The maximum absolute atomic E-state index is 13.9. The Morgan fingerprint density at radius 2 is 1.94 bits per heavy atom. The first-order chi connectivity index (χ1) is 14.3. The number of hydrogen-bond acceptors (Lipinski definition) is 5. The molecule has 0 saturated carbocycles. The standard InChI is InChI=1S/C22H20Cl2FN3O2.ClH/c1-10(19-15(23)4-5-16(25)20(19)24)30-18-8-13(9-28-22(18)27)11-2-3-14-12(6-11)7-17(26)21(14)29;/h2-6,8-10,17,21,29H,7,26H2,1H3,(H2,27,28);1H/t10-,17?,21?;/m1./s1. The van der Waals surface area contributed by atoms with Crippen molar-refractivity contribution in [2.75, 3.05) is 5.73 Å². The van der Waals surface area contributed by atoms with Gasteiger partial charge in [0, 0.05) is 28.4 Å². The number of aliphatic hydroxyl groups is 1. The van der Waals surface area contributed by atoms with Crippen molar-refractivity contribution in [3.63, 3.8) is 0 Å². The molecule has 5 nitrogen and oxygen atoms in total. The summed E-state index contributed by atoms with van der Waals surface area (Å²) in [5, 5.41) is 10.3. The lowest BCUT2D eigenvalue weighted by atomic mass is 10.0. The van der Waals surface area contributed by atoms with Gasteiger partial charge in [-0.2, -0.15) is 0 Å². The molecule has 1 aliphatic rings. The number of nitrogens with two attached hydrogens (primary N) is 2. The van der Waals surface area contributed by atoms with Gasteiger partial charge in [0.2, 0.25) is 0 Å². The van der Waals surface area contributed by atoms with E-state index in [9.17, 15) is 9.50 Å². The number of aromatic nitrogens is 1. The molecule has 0 radical (unpaired) electrons. The summed E-state index contributed by atoms with van der Waals surface area (Å²) in [5.74, 6) is -0.0635. The molecule has 0 fully saturated rings. The molecule has 0 aliphatic heterocycles. The van der Waals surface area contributed by atoms with E-state index in [4.69, 9.17) is 39.4 Å². The van der Waals surface area contributed by atoms with E-state index in [1.807, 2.05) is 18.2 Å². The Labute approximate surface area is 195 Å². The Morgan fingerprint density at radius 1 is 1.19 bits per heavy atom. The Morgan fingerprint density at radius 3 is 2.68 bits per heavy atom. The van der Waals surface area contributed by atoms with Crippen LogP contribution in [0.4, 0.5) is 10.2 Å². The third-order valence-corrected chi connectivity index (χ3v) is 6.04. The van der Waals surface area contributed by atoms with E-state index in [0.717, 1.165) is 22.3 Å². The molecule has 2 aromatic carbocycles. The van der Waals surface area contributed by atoms with Crippen LogP contribution >= 0.6 is 35.6 Å². The lowest BCUT2D eigenvalue weighted by molar-refractivity contribution is 0.159. The summed E-state index contributed by atoms with van der Waals surface area (Å²) in [6.07, 6.45) is 0.929. The zero-order valence-electron chi connectivity index (χ0n) is 16.5. The van der Waals surface area contributed by atoms with Crippen LogP contribution in [0.25, 0.3) is 11.1 Å². The van der Waals surface area contributed by atoms with Crippen molar-refractivity contribution in [3.8, 4) is 16.9 Å². The van der Waals surface area contributed by atoms with Gasteiger partial charge in [-0.25, -0.2) is 9.37 Å². The van der Waals surface area contributed by atoms with E-state index in [1.54, 1.807) is 19.2 Å². The fourth-order valence-corrected chi connectivity index (χ4v) is 4.40. The molecule has 3 atom stereocenters. The highest BCUT2D eigenvalue weighted by Crippen LogP contribution is 2.38. The smallest absolute Gasteiger partial charge is 0.166 e. The average molecular weight is 485 g/mol. The number of nitrogens with zero attached hydrogens (tertiary/aromatic N) is 1. The molecule has 9 heteroatoms. The molecule has 1 heterocycles. The Hall–Kier alpha value is -2.09. The van der Waals surface area contributed by atoms with Gasteiger partial charge in [-0.3, -0.25) is 0 Å². The first-order valence-corrected chi connectivity index (χ1v) is 10.1. The van der Waals surface area contributed by atoms with Gasteiger partial charge < -0.3 is 21.3 Å². The monoisotopic (exact) mass is 483 g/mol. The fourth-order valence-electron chi connectivity index (χ4n) is 3.72. The van der Waals surface area contributed by atoms with Gasteiger partial charge in [-0.05, 0) is 48.2 Å². The number of ether oxygens (including phenoxy) is 1. The zero-order valence-corrected chi connectivity index (χ0v) is 18.8. The number of halogens is 4. The number of anilines is 1. The SMILES string of the molecule is C[C@@H](Oc1cc(-c2ccc3c(c2)CC(N)C3O)cnc1N)c1c(Cl)ccc(F)c1Cl.Cl. The van der Waals surface area contributed by atoms with Crippen molar-refractivity contribution < 1.29 is 14.2 Å². The van der Waals surface area contributed by atoms with Gasteiger partial charge in [-0.1, -0.05) is 41.4 Å². The molecular weight excluding hydrogens is 464 g/mol. The third-order valence-electron chi connectivity index (χ3n) is 5.33. The van der Waals surface area contributed by atoms with Gasteiger partial charge in [0.15, 0.2) is 11.6 Å². The van der Waals surface area contributed by atoms with Crippen LogP contribution in [0.15, 0.2) is 42.6 Å². The second kappa shape index (κ2) is 9.18. The second-order valence-corrected chi connectivity index (χ2v) is 8.14. The van der Waals surface area contributed by atoms with E-state index >= 15 is 0 Å². The lowest BCUT2D eigenvalue weighted by Gasteiger charge is -2.19. The van der Waals surface area contributed by atoms with Gasteiger partial charge in [0.1, 0.15) is 11.9 Å². The van der Waals surface area contributed by atoms with Gasteiger partial charge in [0.25, 0.3) is 0 Å². The minimum atomic E-state index is -0.659. The minimum absolute atomic E-state index is 0. The number of fused-ring (bicyclic) bond motifs is 1. The third kappa shape index (κ3) is 4.45. The summed E-state index contributed by atoms with van der Waals surface area (Å²) in [4.78, 5) is 4.23. The summed E-state index contributed by atoms with van der Waals surface area (Å²) >= 11 is 12.3. The van der Waals surface area contributed by atoms with E-state index in [1.165, 1.54) is 12.1 Å². The topological polar surface area (TPSA) is 94.4 Å². The normalized spacial score (nSPS) is 18.3. The molecule has 1 aromatic heterocycles. The van der Waals surface area contributed by atoms with Crippen LogP contribution in [0.1, 0.15) is 35.8 Å². The first-order valence-electron chi connectivity index (χ1n) is 9.38. The molecule has 5 N–H and O–H groups in total. The highest BCUT2D eigenvalue weighted by Gasteiger charge is 2.28. The highest BCUT2D eigenvalue weighted by molar-refractivity contribution is 6.36. The maximum Gasteiger partial charge on any atom is 0.166 e. The molecule has 31 heavy (non-hydrogen) atoms. The molecule has 1 aliphatic carbocycles. The number of rotatable bonds is 4. The summed E-state index contributed by atoms with van der Waals surface area (Å²) in [5.41, 5.74) is 15.8. The fraction of sp³-hybridized carbons (Fsp3) is 0.227. The van der Waals surface area contributed by atoms with Crippen LogP contribution < -0.4 is 16.2 Å². The summed E-state index contributed by atoms with van der Waals surface area (Å²) in [7, 11) is 0. The number of nitrogen functional groups attached to an aromatic ring is 1. The van der Waals surface area contributed by atoms with Crippen LogP contribution in [0, 0.1) is 5.82 Å². The van der Waals surface area contributed by atoms with E-state index in [0.29, 0.717) is 22.8 Å². The summed E-state index contributed by atoms with van der Waals surface area (Å²) in [6.45, 7) is 1.71. The summed E-state index contributed by atoms with van der Waals surface area (Å²) in [6, 6.07) is 9.82. The molecule has 2 unspecified atom stereocenters. The predicted octanol–water partition coefficient (Wildman–Crippen LogP) is 5.26. The first kappa shape index (κ1) is 23.6. The van der Waals surface area contributed by atoms with Crippen LogP contribution in [0.3, 0.4) is 0 Å². The van der Waals surface area contributed by atoms with Gasteiger partial charge in [0.05, 0.1) is 11.1 Å². The van der Waals surface area contributed by atoms with Crippen LogP contribution in [0.5, 0.6) is 5.75 Å².